The maximum absolute atomic E-state index is 12.3. The molecule has 1 saturated heterocycles. The number of hydrogen-bond donors (Lipinski definition) is 0. The number of amides is 1. The maximum Gasteiger partial charge on any atom is 0.311 e. The number of nitro benzene ring substituents is 1. The molecule has 1 heterocycles. The average molecular weight is 289 g/mol. The topological polar surface area (TPSA) is 96.5 Å². The SMILES string of the molecule is COc1ccc(C(=O)N2CCC(C#N)CC2)cc1[N+](=O)[O-]. The lowest BCUT2D eigenvalue weighted by atomic mass is 9.98. The molecule has 7 heteroatoms. The van der Waals surface area contributed by atoms with Crippen LogP contribution in [-0.4, -0.2) is 35.9 Å². The summed E-state index contributed by atoms with van der Waals surface area (Å²) in [6, 6.07) is 6.37. The summed E-state index contributed by atoms with van der Waals surface area (Å²) >= 11 is 0. The molecular weight excluding hydrogens is 274 g/mol. The molecule has 21 heavy (non-hydrogen) atoms. The first-order valence-electron chi connectivity index (χ1n) is 6.58. The molecule has 0 spiro atoms. The van der Waals surface area contributed by atoms with Crippen LogP contribution in [-0.2, 0) is 0 Å². The van der Waals surface area contributed by atoms with Gasteiger partial charge in [0, 0.05) is 30.6 Å². The number of methoxy groups -OCH3 is 1. The van der Waals surface area contributed by atoms with Gasteiger partial charge in [0.1, 0.15) is 0 Å². The Balaban J connectivity index is 2.19. The molecule has 0 atom stereocenters. The molecule has 1 amide bonds. The first-order valence-corrected chi connectivity index (χ1v) is 6.58. The van der Waals surface area contributed by atoms with Gasteiger partial charge >= 0.3 is 5.69 Å². The molecule has 7 nitrogen and oxygen atoms in total. The van der Waals surface area contributed by atoms with E-state index in [1.807, 2.05) is 0 Å². The summed E-state index contributed by atoms with van der Waals surface area (Å²) in [5.41, 5.74) is 0.0353. The molecular formula is C14H15N3O4. The number of nitrogens with zero attached hydrogens (tertiary/aromatic N) is 3. The van der Waals surface area contributed by atoms with Crippen LogP contribution in [0.25, 0.3) is 0 Å². The van der Waals surface area contributed by atoms with Gasteiger partial charge in [0.2, 0.25) is 0 Å². The second-order valence-corrected chi connectivity index (χ2v) is 4.84. The Kier molecular flexibility index (Phi) is 4.38. The summed E-state index contributed by atoms with van der Waals surface area (Å²) in [7, 11) is 1.34. The largest absolute Gasteiger partial charge is 0.490 e. The highest BCUT2D eigenvalue weighted by Gasteiger charge is 2.25. The zero-order valence-corrected chi connectivity index (χ0v) is 11.6. The molecule has 0 saturated carbocycles. The van der Waals surface area contributed by atoms with Crippen molar-refractivity contribution in [2.45, 2.75) is 12.8 Å². The molecule has 1 fully saturated rings. The van der Waals surface area contributed by atoms with Crippen LogP contribution in [0.5, 0.6) is 5.75 Å². The zero-order chi connectivity index (χ0) is 15.4. The maximum atomic E-state index is 12.3. The van der Waals surface area contributed by atoms with Crippen LogP contribution < -0.4 is 4.74 Å². The molecule has 0 unspecified atom stereocenters. The molecule has 0 bridgehead atoms. The van der Waals surface area contributed by atoms with Crippen molar-refractivity contribution < 1.29 is 14.5 Å². The van der Waals surface area contributed by atoms with E-state index in [4.69, 9.17) is 10.00 Å². The van der Waals surface area contributed by atoms with Crippen LogP contribution in [0.15, 0.2) is 18.2 Å². The van der Waals surface area contributed by atoms with Crippen molar-refractivity contribution in [3.05, 3.63) is 33.9 Å². The van der Waals surface area contributed by atoms with Crippen LogP contribution >= 0.6 is 0 Å². The second kappa shape index (κ2) is 6.22. The van der Waals surface area contributed by atoms with Gasteiger partial charge in [0.15, 0.2) is 5.75 Å². The molecule has 2 rings (SSSR count). The van der Waals surface area contributed by atoms with Crippen molar-refractivity contribution in [2.24, 2.45) is 5.92 Å². The fraction of sp³-hybridized carbons (Fsp3) is 0.429. The number of hydrogen-bond acceptors (Lipinski definition) is 5. The number of rotatable bonds is 3. The Labute approximate surface area is 121 Å². The number of likely N-dealkylation sites (tertiary alicyclic amines) is 1. The van der Waals surface area contributed by atoms with Gasteiger partial charge in [-0.05, 0) is 25.0 Å². The Bertz CT molecular complexity index is 601. The summed E-state index contributed by atoms with van der Waals surface area (Å²) in [6.45, 7) is 0.994. The molecule has 1 aliphatic rings. The minimum Gasteiger partial charge on any atom is -0.490 e. The van der Waals surface area contributed by atoms with E-state index in [0.717, 1.165) is 0 Å². The van der Waals surface area contributed by atoms with E-state index < -0.39 is 4.92 Å². The number of ether oxygens (including phenoxy) is 1. The Morgan fingerprint density at radius 1 is 1.48 bits per heavy atom. The van der Waals surface area contributed by atoms with Crippen molar-refractivity contribution in [1.82, 2.24) is 4.90 Å². The number of nitriles is 1. The summed E-state index contributed by atoms with van der Waals surface area (Å²) < 4.78 is 4.91. The lowest BCUT2D eigenvalue weighted by molar-refractivity contribution is -0.385. The number of carbonyl (C=O) groups excluding carboxylic acids is 1. The van der Waals surface area contributed by atoms with Crippen molar-refractivity contribution in [3.8, 4) is 11.8 Å². The van der Waals surface area contributed by atoms with Gasteiger partial charge in [-0.1, -0.05) is 0 Å². The van der Waals surface area contributed by atoms with Gasteiger partial charge < -0.3 is 9.64 Å². The van der Waals surface area contributed by atoms with Crippen LogP contribution in [0, 0.1) is 27.4 Å². The summed E-state index contributed by atoms with van der Waals surface area (Å²) in [6.07, 6.45) is 1.28. The molecule has 0 aliphatic carbocycles. The summed E-state index contributed by atoms with van der Waals surface area (Å²) in [4.78, 5) is 24.4. The van der Waals surface area contributed by atoms with E-state index >= 15 is 0 Å². The van der Waals surface area contributed by atoms with Gasteiger partial charge in [0.25, 0.3) is 5.91 Å². The van der Waals surface area contributed by atoms with Gasteiger partial charge in [0.05, 0.1) is 18.1 Å². The Morgan fingerprint density at radius 2 is 2.14 bits per heavy atom. The molecule has 1 aromatic rings. The molecule has 1 aromatic carbocycles. The lowest BCUT2D eigenvalue weighted by Gasteiger charge is -2.29. The first-order chi connectivity index (χ1) is 10.1. The smallest absolute Gasteiger partial charge is 0.311 e. The van der Waals surface area contributed by atoms with Gasteiger partial charge in [-0.2, -0.15) is 5.26 Å². The van der Waals surface area contributed by atoms with Crippen molar-refractivity contribution >= 4 is 11.6 Å². The average Bonchev–Trinajstić information content (AvgIpc) is 2.53. The van der Waals surface area contributed by atoms with E-state index in [1.54, 1.807) is 4.90 Å². The van der Waals surface area contributed by atoms with Crippen molar-refractivity contribution in [2.75, 3.05) is 20.2 Å². The number of piperidine rings is 1. The standard InChI is InChI=1S/C14H15N3O4/c1-21-13-3-2-11(8-12(13)17(19)20)14(18)16-6-4-10(9-15)5-7-16/h2-3,8,10H,4-7H2,1H3. The first kappa shape index (κ1) is 14.8. The highest BCUT2D eigenvalue weighted by Crippen LogP contribution is 2.28. The van der Waals surface area contributed by atoms with Gasteiger partial charge in [-0.15, -0.1) is 0 Å². The van der Waals surface area contributed by atoms with Crippen molar-refractivity contribution in [1.29, 1.82) is 5.26 Å². The third-order valence-electron chi connectivity index (χ3n) is 3.59. The molecule has 0 radical (unpaired) electrons. The van der Waals surface area contributed by atoms with E-state index in [0.29, 0.717) is 25.9 Å². The minimum atomic E-state index is -0.572. The van der Waals surface area contributed by atoms with E-state index in [2.05, 4.69) is 6.07 Å². The van der Waals surface area contributed by atoms with Crippen LogP contribution in [0.2, 0.25) is 0 Å². The van der Waals surface area contributed by atoms with E-state index in [-0.39, 0.29) is 28.8 Å². The summed E-state index contributed by atoms with van der Waals surface area (Å²) in [5.74, 6) is -0.142. The zero-order valence-electron chi connectivity index (χ0n) is 11.6. The van der Waals surface area contributed by atoms with Gasteiger partial charge in [-0.3, -0.25) is 14.9 Å². The predicted molar refractivity (Wildman–Crippen MR) is 73.9 cm³/mol. The quantitative estimate of drug-likeness (QED) is 0.626. The number of benzene rings is 1. The molecule has 0 N–H and O–H groups in total. The van der Waals surface area contributed by atoms with E-state index in [9.17, 15) is 14.9 Å². The van der Waals surface area contributed by atoms with Gasteiger partial charge in [-0.25, -0.2) is 0 Å². The fourth-order valence-corrected chi connectivity index (χ4v) is 2.36. The Hall–Kier alpha value is -2.62. The third-order valence-corrected chi connectivity index (χ3v) is 3.59. The third kappa shape index (κ3) is 3.11. The normalized spacial score (nSPS) is 15.3. The lowest BCUT2D eigenvalue weighted by Crippen LogP contribution is -2.38. The van der Waals surface area contributed by atoms with Crippen LogP contribution in [0.3, 0.4) is 0 Å². The fourth-order valence-electron chi connectivity index (χ4n) is 2.36. The highest BCUT2D eigenvalue weighted by molar-refractivity contribution is 5.95. The summed E-state index contributed by atoms with van der Waals surface area (Å²) in [5, 5.41) is 19.8. The molecule has 110 valence electrons. The van der Waals surface area contributed by atoms with Crippen LogP contribution in [0.4, 0.5) is 5.69 Å². The van der Waals surface area contributed by atoms with E-state index in [1.165, 1.54) is 25.3 Å². The van der Waals surface area contributed by atoms with Crippen molar-refractivity contribution in [3.63, 3.8) is 0 Å². The monoisotopic (exact) mass is 289 g/mol. The van der Waals surface area contributed by atoms with Crippen LogP contribution in [0.1, 0.15) is 23.2 Å². The second-order valence-electron chi connectivity index (χ2n) is 4.84. The molecule has 0 aromatic heterocycles. The Morgan fingerprint density at radius 3 is 2.67 bits per heavy atom. The minimum absolute atomic E-state index is 0.0146. The molecule has 1 aliphatic heterocycles. The highest BCUT2D eigenvalue weighted by atomic mass is 16.6. The predicted octanol–water partition coefficient (Wildman–Crippen LogP) is 1.98. The number of carbonyl (C=O) groups is 1. The number of nitro groups is 1.